The molecule has 0 saturated heterocycles. The maximum atomic E-state index is 12.8. The number of aryl methyl sites for hydroxylation is 2. The lowest BCUT2D eigenvalue weighted by Gasteiger charge is -2.20. The first-order valence-corrected chi connectivity index (χ1v) is 16.7. The summed E-state index contributed by atoms with van der Waals surface area (Å²) in [6.45, 7) is 9.11. The Morgan fingerprint density at radius 1 is 0.889 bits per heavy atom. The Kier molecular flexibility index (Phi) is 13.8. The molecule has 1 heterocycles. The van der Waals surface area contributed by atoms with Crippen molar-refractivity contribution in [2.45, 2.75) is 52.5 Å². The summed E-state index contributed by atoms with van der Waals surface area (Å²) < 4.78 is 12.5. The highest BCUT2D eigenvalue weighted by Gasteiger charge is 2.21. The fourth-order valence-corrected chi connectivity index (χ4v) is 5.98. The minimum atomic E-state index is -0.543. The second-order valence-electron chi connectivity index (χ2n) is 11.6. The Labute approximate surface area is 270 Å². The Hall–Kier alpha value is -3.79. The number of amides is 2. The van der Waals surface area contributed by atoms with Gasteiger partial charge in [0.05, 0.1) is 36.6 Å². The number of thiazole rings is 1. The molecule has 1 atom stereocenters. The molecule has 3 N–H and O–H groups in total. The van der Waals surface area contributed by atoms with Gasteiger partial charge < -0.3 is 25.4 Å². The summed E-state index contributed by atoms with van der Waals surface area (Å²) in [6, 6.07) is 24.2. The normalized spacial score (nSPS) is 11.9. The molecule has 0 saturated carbocycles. The molecule has 45 heavy (non-hydrogen) atoms. The number of fused-ring (bicyclic) bond motifs is 1. The third-order valence-corrected chi connectivity index (χ3v) is 8.31. The Balaban J connectivity index is 1.04. The van der Waals surface area contributed by atoms with E-state index in [-0.39, 0.29) is 17.7 Å². The lowest BCUT2D eigenvalue weighted by atomic mass is 10.0. The van der Waals surface area contributed by atoms with Gasteiger partial charge in [-0.05, 0) is 79.6 Å². The molecule has 4 rings (SSSR count). The van der Waals surface area contributed by atoms with E-state index in [1.165, 1.54) is 15.8 Å². The lowest BCUT2D eigenvalue weighted by molar-refractivity contribution is -0.129. The van der Waals surface area contributed by atoms with Gasteiger partial charge in [-0.1, -0.05) is 50.2 Å². The summed E-state index contributed by atoms with van der Waals surface area (Å²) in [6.07, 6.45) is 2.57. The summed E-state index contributed by atoms with van der Waals surface area (Å²) in [4.78, 5) is 30.0. The molecule has 2 amide bonds. The van der Waals surface area contributed by atoms with Gasteiger partial charge in [0.25, 0.3) is 0 Å². The Morgan fingerprint density at radius 3 is 2.36 bits per heavy atom. The molecular formula is C36H46N4O4S. The number of hydrogen-bond donors (Lipinski definition) is 3. The number of aromatic nitrogens is 1. The van der Waals surface area contributed by atoms with E-state index < -0.39 is 6.04 Å². The molecule has 8 nitrogen and oxygen atoms in total. The van der Waals surface area contributed by atoms with Crippen LogP contribution in [0.25, 0.3) is 20.8 Å². The molecule has 0 spiro atoms. The summed E-state index contributed by atoms with van der Waals surface area (Å²) in [5.41, 5.74) is 5.63. The number of rotatable bonds is 19. The molecule has 0 bridgehead atoms. The van der Waals surface area contributed by atoms with Gasteiger partial charge in [-0.2, -0.15) is 0 Å². The van der Waals surface area contributed by atoms with Gasteiger partial charge in [0, 0.05) is 30.8 Å². The van der Waals surface area contributed by atoms with Crippen molar-refractivity contribution in [2.24, 2.45) is 5.92 Å². The maximum absolute atomic E-state index is 12.8. The fourth-order valence-electron chi connectivity index (χ4n) is 4.91. The zero-order chi connectivity index (χ0) is 31.9. The zero-order valence-electron chi connectivity index (χ0n) is 26.6. The van der Waals surface area contributed by atoms with Crippen molar-refractivity contribution >= 4 is 39.1 Å². The Bertz CT molecular complexity index is 1470. The van der Waals surface area contributed by atoms with Crippen LogP contribution in [0.15, 0.2) is 72.8 Å². The van der Waals surface area contributed by atoms with Gasteiger partial charge in [-0.25, -0.2) is 4.98 Å². The van der Waals surface area contributed by atoms with Crippen molar-refractivity contribution in [3.63, 3.8) is 0 Å². The molecule has 0 fully saturated rings. The molecule has 3 aromatic carbocycles. The molecule has 0 radical (unpaired) electrons. The molecule has 0 unspecified atom stereocenters. The predicted octanol–water partition coefficient (Wildman–Crippen LogP) is 6.39. The van der Waals surface area contributed by atoms with E-state index in [2.05, 4.69) is 77.5 Å². The molecule has 4 aromatic rings. The van der Waals surface area contributed by atoms with Crippen molar-refractivity contribution in [1.29, 1.82) is 0 Å². The van der Waals surface area contributed by atoms with Gasteiger partial charge in [0.15, 0.2) is 0 Å². The summed E-state index contributed by atoms with van der Waals surface area (Å²) in [7, 11) is 0. The second-order valence-corrected chi connectivity index (χ2v) is 12.6. The summed E-state index contributed by atoms with van der Waals surface area (Å²) in [5, 5.41) is 10.2. The molecular weight excluding hydrogens is 584 g/mol. The maximum Gasteiger partial charge on any atom is 0.242 e. The average molecular weight is 631 g/mol. The van der Waals surface area contributed by atoms with E-state index in [1.807, 2.05) is 32.0 Å². The van der Waals surface area contributed by atoms with Crippen molar-refractivity contribution in [3.8, 4) is 10.6 Å². The molecule has 1 aromatic heterocycles. The van der Waals surface area contributed by atoms with Crippen LogP contribution in [0.1, 0.15) is 44.2 Å². The van der Waals surface area contributed by atoms with E-state index >= 15 is 0 Å². The van der Waals surface area contributed by atoms with E-state index in [0.29, 0.717) is 52.4 Å². The van der Waals surface area contributed by atoms with E-state index in [0.717, 1.165) is 34.6 Å². The van der Waals surface area contributed by atoms with Gasteiger partial charge >= 0.3 is 0 Å². The van der Waals surface area contributed by atoms with Crippen LogP contribution in [0.5, 0.6) is 0 Å². The van der Waals surface area contributed by atoms with Crippen LogP contribution in [0, 0.1) is 12.8 Å². The summed E-state index contributed by atoms with van der Waals surface area (Å²) in [5.74, 6) is 0.0156. The van der Waals surface area contributed by atoms with Crippen molar-refractivity contribution in [2.75, 3.05) is 44.8 Å². The number of carbonyl (C=O) groups is 2. The summed E-state index contributed by atoms with van der Waals surface area (Å²) >= 11 is 1.71. The molecule has 0 aliphatic heterocycles. The number of hydrogen-bond acceptors (Lipinski definition) is 7. The second kappa shape index (κ2) is 18.2. The number of nitrogens with zero attached hydrogens (tertiary/aromatic N) is 1. The van der Waals surface area contributed by atoms with Crippen LogP contribution < -0.4 is 16.0 Å². The number of benzene rings is 3. The van der Waals surface area contributed by atoms with Crippen molar-refractivity contribution < 1.29 is 19.1 Å². The van der Waals surface area contributed by atoms with Crippen LogP contribution >= 0.6 is 11.3 Å². The topological polar surface area (TPSA) is 102 Å². The van der Waals surface area contributed by atoms with Crippen molar-refractivity contribution in [1.82, 2.24) is 15.6 Å². The van der Waals surface area contributed by atoms with E-state index in [1.54, 1.807) is 11.3 Å². The highest BCUT2D eigenvalue weighted by atomic mass is 32.1. The standard InChI is InChI=1S/C36H46N4O4S/c1-26(2)24-32(39-34(41)11-7-10-28-8-5-4-6-9-28)35(42)38-19-21-44-23-22-43-20-18-37-30-15-13-29(14-16-30)36-40-31-17-12-27(3)25-33(31)45-36/h4-6,8-9,12-17,25-26,32,37H,7,10-11,18-24H2,1-3H3,(H,38,42)(H,39,41)/t32-/m0/s1. The van der Waals surface area contributed by atoms with E-state index in [9.17, 15) is 9.59 Å². The van der Waals surface area contributed by atoms with Crippen LogP contribution in [0.2, 0.25) is 0 Å². The van der Waals surface area contributed by atoms with Crippen LogP contribution in [-0.4, -0.2) is 62.4 Å². The monoisotopic (exact) mass is 630 g/mol. The highest BCUT2D eigenvalue weighted by molar-refractivity contribution is 7.21. The van der Waals surface area contributed by atoms with Gasteiger partial charge in [0.1, 0.15) is 11.0 Å². The zero-order valence-corrected chi connectivity index (χ0v) is 27.5. The predicted molar refractivity (Wildman–Crippen MR) is 184 cm³/mol. The van der Waals surface area contributed by atoms with Gasteiger partial charge in [-0.15, -0.1) is 11.3 Å². The fraction of sp³-hybridized carbons (Fsp3) is 0.417. The van der Waals surface area contributed by atoms with Gasteiger partial charge in [0.2, 0.25) is 11.8 Å². The SMILES string of the molecule is Cc1ccc2nc(-c3ccc(NCCOCCOCCNC(=O)[C@H](CC(C)C)NC(=O)CCCc4ccccc4)cc3)sc2c1. The average Bonchev–Trinajstić information content (AvgIpc) is 3.45. The smallest absolute Gasteiger partial charge is 0.242 e. The van der Waals surface area contributed by atoms with Crippen LogP contribution in [0.3, 0.4) is 0 Å². The van der Waals surface area contributed by atoms with Crippen LogP contribution in [-0.2, 0) is 25.5 Å². The third kappa shape index (κ3) is 11.9. The largest absolute Gasteiger partial charge is 0.383 e. The number of carbonyl (C=O) groups excluding carboxylic acids is 2. The van der Waals surface area contributed by atoms with Crippen molar-refractivity contribution in [3.05, 3.63) is 83.9 Å². The lowest BCUT2D eigenvalue weighted by Crippen LogP contribution is -2.48. The van der Waals surface area contributed by atoms with Crippen LogP contribution in [0.4, 0.5) is 5.69 Å². The number of nitrogens with one attached hydrogen (secondary N) is 3. The van der Waals surface area contributed by atoms with E-state index in [4.69, 9.17) is 14.5 Å². The molecule has 240 valence electrons. The first kappa shape index (κ1) is 34.1. The number of anilines is 1. The third-order valence-electron chi connectivity index (χ3n) is 7.24. The Morgan fingerprint density at radius 2 is 1.62 bits per heavy atom. The molecule has 0 aliphatic carbocycles. The highest BCUT2D eigenvalue weighted by Crippen LogP contribution is 2.31. The first-order valence-electron chi connectivity index (χ1n) is 15.9. The molecule has 0 aliphatic rings. The first-order chi connectivity index (χ1) is 21.9. The molecule has 9 heteroatoms. The minimum absolute atomic E-state index is 0.0915. The quantitative estimate of drug-likeness (QED) is 0.104. The van der Waals surface area contributed by atoms with Gasteiger partial charge in [-0.3, -0.25) is 9.59 Å². The minimum Gasteiger partial charge on any atom is -0.383 e. The number of ether oxygens (including phenoxy) is 2.